The summed E-state index contributed by atoms with van der Waals surface area (Å²) in [5.74, 6) is -1.07. The van der Waals surface area contributed by atoms with Crippen molar-refractivity contribution in [3.05, 3.63) is 0 Å². The number of carboxylic acid groups (broad SMARTS) is 1. The Morgan fingerprint density at radius 3 is 2.47 bits per heavy atom. The average molecular weight is 217 g/mol. The molecule has 0 aromatic rings. The lowest BCUT2D eigenvalue weighted by Crippen LogP contribution is -2.36. The van der Waals surface area contributed by atoms with E-state index in [-0.39, 0.29) is 13.3 Å². The summed E-state index contributed by atoms with van der Waals surface area (Å²) in [4.78, 5) is 23.2. The lowest BCUT2D eigenvalue weighted by atomic mass is 10.2. The number of carbonyl (C=O) groups excluding carboxylic acids is 1. The van der Waals surface area contributed by atoms with E-state index in [1.54, 1.807) is 20.8 Å². The first kappa shape index (κ1) is 11.8. The molecule has 1 amide bonds. The minimum Gasteiger partial charge on any atom is -0.479 e. The molecule has 86 valence electrons. The molecule has 1 unspecified atom stereocenters. The first-order valence-electron chi connectivity index (χ1n) is 4.62. The molecule has 1 N–H and O–H groups in total. The van der Waals surface area contributed by atoms with Crippen LogP contribution < -0.4 is 0 Å². The molecule has 0 aliphatic carbocycles. The molecule has 1 saturated heterocycles. The third-order valence-electron chi connectivity index (χ3n) is 1.74. The van der Waals surface area contributed by atoms with Crippen molar-refractivity contribution in [3.8, 4) is 0 Å². The van der Waals surface area contributed by atoms with Gasteiger partial charge in [0.05, 0.1) is 6.54 Å². The van der Waals surface area contributed by atoms with Crippen molar-refractivity contribution in [2.75, 3.05) is 13.3 Å². The van der Waals surface area contributed by atoms with Crippen LogP contribution in [0.25, 0.3) is 0 Å². The molecule has 0 saturated carbocycles. The summed E-state index contributed by atoms with van der Waals surface area (Å²) in [5.41, 5.74) is -0.585. The number of ether oxygens (including phenoxy) is 2. The SMILES string of the molecule is CC(C)(C)OC(=O)N1COC(C(=O)O)C1. The van der Waals surface area contributed by atoms with E-state index in [4.69, 9.17) is 14.6 Å². The van der Waals surface area contributed by atoms with Gasteiger partial charge in [-0.05, 0) is 20.8 Å². The predicted octanol–water partition coefficient (Wildman–Crippen LogP) is 0.664. The normalized spacial score (nSPS) is 21.5. The highest BCUT2D eigenvalue weighted by Gasteiger charge is 2.34. The fraction of sp³-hybridized carbons (Fsp3) is 0.778. The topological polar surface area (TPSA) is 76.1 Å². The van der Waals surface area contributed by atoms with E-state index in [9.17, 15) is 9.59 Å². The maximum absolute atomic E-state index is 11.5. The van der Waals surface area contributed by atoms with E-state index in [2.05, 4.69) is 0 Å². The van der Waals surface area contributed by atoms with Crippen LogP contribution in [0, 0.1) is 0 Å². The van der Waals surface area contributed by atoms with Crippen molar-refractivity contribution >= 4 is 12.1 Å². The Morgan fingerprint density at radius 2 is 2.07 bits per heavy atom. The molecule has 1 rings (SSSR count). The van der Waals surface area contributed by atoms with Gasteiger partial charge in [0, 0.05) is 0 Å². The molecule has 1 aliphatic heterocycles. The monoisotopic (exact) mass is 217 g/mol. The fourth-order valence-electron chi connectivity index (χ4n) is 1.09. The van der Waals surface area contributed by atoms with Crippen LogP contribution >= 0.6 is 0 Å². The molecule has 1 aliphatic rings. The summed E-state index contributed by atoms with van der Waals surface area (Å²) in [6, 6.07) is 0. The van der Waals surface area contributed by atoms with Gasteiger partial charge < -0.3 is 14.6 Å². The van der Waals surface area contributed by atoms with E-state index < -0.39 is 23.8 Å². The standard InChI is InChI=1S/C9H15NO5/c1-9(2,3)15-8(13)10-4-6(7(11)12)14-5-10/h6H,4-5H2,1-3H3,(H,11,12). The molecule has 6 nitrogen and oxygen atoms in total. The molecule has 0 aromatic heterocycles. The van der Waals surface area contributed by atoms with Crippen molar-refractivity contribution in [2.45, 2.75) is 32.5 Å². The highest BCUT2D eigenvalue weighted by Crippen LogP contribution is 2.14. The van der Waals surface area contributed by atoms with Gasteiger partial charge in [0.2, 0.25) is 0 Å². The molecule has 15 heavy (non-hydrogen) atoms. The smallest absolute Gasteiger partial charge is 0.412 e. The average Bonchev–Trinajstić information content (AvgIpc) is 2.47. The molecule has 1 heterocycles. The Balaban J connectivity index is 2.47. The number of amides is 1. The zero-order valence-electron chi connectivity index (χ0n) is 9.02. The van der Waals surface area contributed by atoms with Crippen molar-refractivity contribution in [2.24, 2.45) is 0 Å². The molecule has 6 heteroatoms. The van der Waals surface area contributed by atoms with E-state index in [1.807, 2.05) is 0 Å². The fourth-order valence-corrected chi connectivity index (χ4v) is 1.09. The van der Waals surface area contributed by atoms with Crippen molar-refractivity contribution < 1.29 is 24.2 Å². The van der Waals surface area contributed by atoms with Crippen LogP contribution in [0.1, 0.15) is 20.8 Å². The molecule has 0 aromatic carbocycles. The lowest BCUT2D eigenvalue weighted by Gasteiger charge is -2.23. The van der Waals surface area contributed by atoms with Crippen LogP contribution in [0.4, 0.5) is 4.79 Å². The van der Waals surface area contributed by atoms with Gasteiger partial charge >= 0.3 is 12.1 Å². The Kier molecular flexibility index (Phi) is 3.18. The Morgan fingerprint density at radius 1 is 1.47 bits per heavy atom. The Bertz CT molecular complexity index is 270. The van der Waals surface area contributed by atoms with Crippen molar-refractivity contribution in [3.63, 3.8) is 0 Å². The maximum atomic E-state index is 11.5. The van der Waals surface area contributed by atoms with Gasteiger partial charge in [0.25, 0.3) is 0 Å². The summed E-state index contributed by atoms with van der Waals surface area (Å²) in [6.45, 7) is 5.24. The first-order valence-corrected chi connectivity index (χ1v) is 4.62. The number of carbonyl (C=O) groups is 2. The van der Waals surface area contributed by atoms with E-state index in [0.29, 0.717) is 0 Å². The van der Waals surface area contributed by atoms with E-state index in [1.165, 1.54) is 4.90 Å². The predicted molar refractivity (Wildman–Crippen MR) is 50.3 cm³/mol. The zero-order chi connectivity index (χ0) is 11.6. The van der Waals surface area contributed by atoms with Crippen molar-refractivity contribution in [1.29, 1.82) is 0 Å². The lowest BCUT2D eigenvalue weighted by molar-refractivity contribution is -0.146. The van der Waals surface area contributed by atoms with Crippen LogP contribution in [0.3, 0.4) is 0 Å². The molecular formula is C9H15NO5. The van der Waals surface area contributed by atoms with Gasteiger partial charge in [0.1, 0.15) is 12.3 Å². The summed E-state index contributed by atoms with van der Waals surface area (Å²) in [5, 5.41) is 8.64. The Labute approximate surface area is 87.8 Å². The second-order valence-electron chi connectivity index (χ2n) is 4.33. The quantitative estimate of drug-likeness (QED) is 0.698. The second-order valence-corrected chi connectivity index (χ2v) is 4.33. The third kappa shape index (κ3) is 3.39. The number of rotatable bonds is 1. The number of carboxylic acids is 1. The highest BCUT2D eigenvalue weighted by molar-refractivity contribution is 5.75. The second kappa shape index (κ2) is 4.06. The van der Waals surface area contributed by atoms with Gasteiger partial charge in [-0.25, -0.2) is 9.59 Å². The van der Waals surface area contributed by atoms with Crippen LogP contribution in [-0.4, -0.2) is 47.0 Å². The molecule has 0 radical (unpaired) electrons. The largest absolute Gasteiger partial charge is 0.479 e. The zero-order valence-corrected chi connectivity index (χ0v) is 9.02. The number of hydrogen-bond acceptors (Lipinski definition) is 4. The number of aliphatic carboxylic acids is 1. The summed E-state index contributed by atoms with van der Waals surface area (Å²) < 4.78 is 9.95. The van der Waals surface area contributed by atoms with Crippen LogP contribution in [0.15, 0.2) is 0 Å². The summed E-state index contributed by atoms with van der Waals surface area (Å²) >= 11 is 0. The highest BCUT2D eigenvalue weighted by atomic mass is 16.6. The van der Waals surface area contributed by atoms with Gasteiger partial charge in [-0.2, -0.15) is 0 Å². The van der Waals surface area contributed by atoms with E-state index in [0.717, 1.165) is 0 Å². The molecule has 0 spiro atoms. The molecular weight excluding hydrogens is 202 g/mol. The Hall–Kier alpha value is -1.30. The van der Waals surface area contributed by atoms with Gasteiger partial charge in [-0.3, -0.25) is 4.90 Å². The van der Waals surface area contributed by atoms with Crippen molar-refractivity contribution in [1.82, 2.24) is 4.90 Å². The van der Waals surface area contributed by atoms with Gasteiger partial charge in [-0.15, -0.1) is 0 Å². The molecule has 1 atom stereocenters. The van der Waals surface area contributed by atoms with Gasteiger partial charge in [-0.1, -0.05) is 0 Å². The van der Waals surface area contributed by atoms with Crippen LogP contribution in [0.2, 0.25) is 0 Å². The summed E-state index contributed by atoms with van der Waals surface area (Å²) in [6.07, 6.45) is -1.50. The third-order valence-corrected chi connectivity index (χ3v) is 1.74. The minimum atomic E-state index is -1.07. The molecule has 0 bridgehead atoms. The number of hydrogen-bond donors (Lipinski definition) is 1. The van der Waals surface area contributed by atoms with Gasteiger partial charge in [0.15, 0.2) is 6.10 Å². The van der Waals surface area contributed by atoms with Crippen LogP contribution in [-0.2, 0) is 14.3 Å². The number of nitrogens with zero attached hydrogens (tertiary/aromatic N) is 1. The van der Waals surface area contributed by atoms with Crippen LogP contribution in [0.5, 0.6) is 0 Å². The summed E-state index contributed by atoms with van der Waals surface area (Å²) in [7, 11) is 0. The minimum absolute atomic E-state index is 0.0320. The van der Waals surface area contributed by atoms with E-state index >= 15 is 0 Å². The maximum Gasteiger partial charge on any atom is 0.412 e. The molecule has 1 fully saturated rings. The first-order chi connectivity index (χ1) is 6.79.